The van der Waals surface area contributed by atoms with Crippen LogP contribution in [-0.4, -0.2) is 31.7 Å². The molecule has 0 radical (unpaired) electrons. The Morgan fingerprint density at radius 3 is 2.47 bits per heavy atom. The Balaban J connectivity index is 1.52. The summed E-state index contributed by atoms with van der Waals surface area (Å²) in [6, 6.07) is 21.0. The number of carbonyl (C=O) groups is 2. The average Bonchev–Trinajstić information content (AvgIpc) is 3.31. The van der Waals surface area contributed by atoms with Crippen molar-refractivity contribution in [3.63, 3.8) is 0 Å². The first-order valence-electron chi connectivity index (χ1n) is 11.8. The van der Waals surface area contributed by atoms with E-state index in [0.29, 0.717) is 44.4 Å². The minimum atomic E-state index is -1.02. The zero-order valence-corrected chi connectivity index (χ0v) is 22.2. The number of carbonyl (C=O) groups excluding carboxylic acids is 1. The van der Waals surface area contributed by atoms with Crippen molar-refractivity contribution in [2.24, 2.45) is 0 Å². The lowest BCUT2D eigenvalue weighted by Crippen LogP contribution is -2.31. The van der Waals surface area contributed by atoms with Crippen LogP contribution in [0.4, 0.5) is 11.6 Å². The Morgan fingerprint density at radius 2 is 1.76 bits per heavy atom. The Bertz CT molecular complexity index is 1560. The second-order valence-corrected chi connectivity index (χ2v) is 10.2. The van der Waals surface area contributed by atoms with Crippen LogP contribution in [0.2, 0.25) is 5.02 Å². The van der Waals surface area contributed by atoms with Crippen molar-refractivity contribution < 1.29 is 14.7 Å². The quantitative estimate of drug-likeness (QED) is 0.239. The van der Waals surface area contributed by atoms with E-state index >= 15 is 0 Å². The highest BCUT2D eigenvalue weighted by atomic mass is 35.5. The van der Waals surface area contributed by atoms with Gasteiger partial charge < -0.3 is 15.7 Å². The van der Waals surface area contributed by atoms with Crippen LogP contribution in [0, 0.1) is 6.92 Å². The van der Waals surface area contributed by atoms with Crippen LogP contribution in [0.1, 0.15) is 40.0 Å². The molecule has 1 aromatic heterocycles. The fourth-order valence-electron chi connectivity index (χ4n) is 4.26. The predicted octanol–water partition coefficient (Wildman–Crippen LogP) is 6.16. The summed E-state index contributed by atoms with van der Waals surface area (Å²) < 4.78 is 1.67. The molecule has 0 fully saturated rings. The highest BCUT2D eigenvalue weighted by Gasteiger charge is 2.34. The van der Waals surface area contributed by atoms with E-state index in [1.807, 2.05) is 62.4 Å². The van der Waals surface area contributed by atoms with Gasteiger partial charge in [-0.1, -0.05) is 71.9 Å². The molecule has 3 N–H and O–H groups in total. The van der Waals surface area contributed by atoms with Crippen LogP contribution in [-0.2, 0) is 10.5 Å². The zero-order valence-electron chi connectivity index (χ0n) is 20.6. The van der Waals surface area contributed by atoms with Crippen LogP contribution in [0.15, 0.2) is 89.2 Å². The van der Waals surface area contributed by atoms with Gasteiger partial charge in [0.25, 0.3) is 5.91 Å². The SMILES string of the molecule is CC1=C(C(=O)Nc2ccccc2C)C(c2ccc(C(=O)O)cc2)n2nc(SCc3ccccc3Cl)nc2N1. The number of hydrogen-bond donors (Lipinski definition) is 3. The standard InChI is InChI=1S/C28H24ClN5O3S/c1-16-7-3-6-10-22(16)31-25(35)23-17(2)30-27-32-28(38-15-20-8-4-5-9-21(20)29)33-34(27)24(23)18-11-13-19(14-12-18)26(36)37/h3-14,24H,15H2,1-2H3,(H,31,35)(H,36,37)(H,30,32,33). The molecular weight excluding hydrogens is 522 g/mol. The molecule has 1 aliphatic heterocycles. The summed E-state index contributed by atoms with van der Waals surface area (Å²) in [6.07, 6.45) is 0. The smallest absolute Gasteiger partial charge is 0.335 e. The number of carboxylic acids is 1. The van der Waals surface area contributed by atoms with Gasteiger partial charge >= 0.3 is 5.97 Å². The van der Waals surface area contributed by atoms with Gasteiger partial charge in [0.1, 0.15) is 6.04 Å². The van der Waals surface area contributed by atoms with E-state index in [9.17, 15) is 14.7 Å². The third-order valence-electron chi connectivity index (χ3n) is 6.26. The van der Waals surface area contributed by atoms with Crippen molar-refractivity contribution in [3.8, 4) is 0 Å². The molecule has 0 bridgehead atoms. The first-order chi connectivity index (χ1) is 18.3. The lowest BCUT2D eigenvalue weighted by atomic mass is 9.94. The number of aromatic carboxylic acids is 1. The van der Waals surface area contributed by atoms with Gasteiger partial charge in [0, 0.05) is 22.2 Å². The number of aryl methyl sites for hydroxylation is 1. The Kier molecular flexibility index (Phi) is 7.22. The molecule has 0 aliphatic carbocycles. The summed E-state index contributed by atoms with van der Waals surface area (Å²) >= 11 is 7.75. The Hall–Kier alpha value is -4.08. The van der Waals surface area contributed by atoms with E-state index in [0.717, 1.165) is 11.1 Å². The fourth-order valence-corrected chi connectivity index (χ4v) is 5.38. The van der Waals surface area contributed by atoms with Gasteiger partial charge in [0.2, 0.25) is 11.1 Å². The zero-order chi connectivity index (χ0) is 26.8. The van der Waals surface area contributed by atoms with Gasteiger partial charge in [-0.2, -0.15) is 4.98 Å². The number of anilines is 2. The van der Waals surface area contributed by atoms with E-state index in [1.165, 1.54) is 23.9 Å². The summed E-state index contributed by atoms with van der Waals surface area (Å²) in [6.45, 7) is 3.75. The molecule has 0 spiro atoms. The van der Waals surface area contributed by atoms with E-state index < -0.39 is 12.0 Å². The molecule has 3 aromatic carbocycles. The number of allylic oxidation sites excluding steroid dienone is 1. The molecule has 1 aliphatic rings. The second kappa shape index (κ2) is 10.7. The summed E-state index contributed by atoms with van der Waals surface area (Å²) in [5.41, 5.74) is 4.56. The van der Waals surface area contributed by atoms with E-state index in [-0.39, 0.29) is 11.5 Å². The van der Waals surface area contributed by atoms with Gasteiger partial charge in [0.15, 0.2) is 0 Å². The minimum absolute atomic E-state index is 0.157. The largest absolute Gasteiger partial charge is 0.478 e. The highest BCUT2D eigenvalue weighted by Crippen LogP contribution is 2.37. The number of aromatic nitrogens is 3. The van der Waals surface area contributed by atoms with Gasteiger partial charge in [-0.05, 0) is 54.8 Å². The number of para-hydroxylation sites is 1. The number of amides is 1. The third-order valence-corrected chi connectivity index (χ3v) is 7.51. The molecule has 4 aromatic rings. The van der Waals surface area contributed by atoms with E-state index in [4.69, 9.17) is 16.7 Å². The van der Waals surface area contributed by atoms with Crippen molar-refractivity contribution in [1.82, 2.24) is 14.8 Å². The highest BCUT2D eigenvalue weighted by molar-refractivity contribution is 7.98. The van der Waals surface area contributed by atoms with Gasteiger partial charge in [-0.15, -0.1) is 5.10 Å². The predicted molar refractivity (Wildman–Crippen MR) is 149 cm³/mol. The molecule has 192 valence electrons. The first-order valence-corrected chi connectivity index (χ1v) is 13.2. The number of rotatable bonds is 7. The number of hydrogen-bond acceptors (Lipinski definition) is 6. The number of halogens is 1. The van der Waals surface area contributed by atoms with Gasteiger partial charge in [-0.25, -0.2) is 9.48 Å². The molecule has 2 heterocycles. The van der Waals surface area contributed by atoms with Crippen molar-refractivity contribution in [3.05, 3.63) is 111 Å². The second-order valence-electron chi connectivity index (χ2n) is 8.81. The maximum atomic E-state index is 13.7. The van der Waals surface area contributed by atoms with Crippen molar-refractivity contribution in [1.29, 1.82) is 0 Å². The van der Waals surface area contributed by atoms with Crippen LogP contribution in [0.5, 0.6) is 0 Å². The third kappa shape index (κ3) is 5.16. The molecule has 10 heteroatoms. The number of benzene rings is 3. The maximum absolute atomic E-state index is 13.7. The molecule has 8 nitrogen and oxygen atoms in total. The van der Waals surface area contributed by atoms with Crippen LogP contribution >= 0.6 is 23.4 Å². The normalized spacial score (nSPS) is 14.6. The summed E-state index contributed by atoms with van der Waals surface area (Å²) in [4.78, 5) is 29.8. The molecule has 38 heavy (non-hydrogen) atoms. The van der Waals surface area contributed by atoms with Gasteiger partial charge in [-0.3, -0.25) is 4.79 Å². The molecular formula is C28H24ClN5O3S. The first kappa shape index (κ1) is 25.6. The number of fused-ring (bicyclic) bond motifs is 1. The number of carboxylic acid groups (broad SMARTS) is 1. The fraction of sp³-hybridized carbons (Fsp3) is 0.143. The van der Waals surface area contributed by atoms with Crippen LogP contribution in [0.3, 0.4) is 0 Å². The van der Waals surface area contributed by atoms with E-state index in [2.05, 4.69) is 15.6 Å². The summed E-state index contributed by atoms with van der Waals surface area (Å²) in [5, 5.41) is 21.5. The van der Waals surface area contributed by atoms with Crippen molar-refractivity contribution in [2.75, 3.05) is 10.6 Å². The van der Waals surface area contributed by atoms with Crippen LogP contribution in [0.25, 0.3) is 0 Å². The maximum Gasteiger partial charge on any atom is 0.335 e. The molecule has 0 saturated heterocycles. The summed E-state index contributed by atoms with van der Waals surface area (Å²) in [5.74, 6) is -0.244. The number of nitrogens with one attached hydrogen (secondary N) is 2. The summed E-state index contributed by atoms with van der Waals surface area (Å²) in [7, 11) is 0. The van der Waals surface area contributed by atoms with Crippen molar-refractivity contribution >= 4 is 46.9 Å². The van der Waals surface area contributed by atoms with Crippen LogP contribution < -0.4 is 10.6 Å². The topological polar surface area (TPSA) is 109 Å². The molecule has 1 amide bonds. The molecule has 1 atom stereocenters. The Labute approximate surface area is 228 Å². The molecule has 1 unspecified atom stereocenters. The number of thioether (sulfide) groups is 1. The average molecular weight is 546 g/mol. The van der Waals surface area contributed by atoms with E-state index in [1.54, 1.807) is 16.8 Å². The number of nitrogens with zero attached hydrogens (tertiary/aromatic N) is 3. The van der Waals surface area contributed by atoms with Crippen molar-refractivity contribution in [2.45, 2.75) is 30.8 Å². The lowest BCUT2D eigenvalue weighted by Gasteiger charge is -2.29. The molecule has 5 rings (SSSR count). The Morgan fingerprint density at radius 1 is 1.05 bits per heavy atom. The van der Waals surface area contributed by atoms with Gasteiger partial charge in [0.05, 0.1) is 11.1 Å². The monoisotopic (exact) mass is 545 g/mol. The minimum Gasteiger partial charge on any atom is -0.478 e. The molecule has 0 saturated carbocycles. The lowest BCUT2D eigenvalue weighted by molar-refractivity contribution is -0.113.